The topological polar surface area (TPSA) is 50.8 Å². The Hall–Kier alpha value is -2.95. The van der Waals surface area contributed by atoms with Gasteiger partial charge in [0.15, 0.2) is 11.5 Å². The van der Waals surface area contributed by atoms with Gasteiger partial charge in [0, 0.05) is 11.1 Å². The summed E-state index contributed by atoms with van der Waals surface area (Å²) < 4.78 is 11.1. The lowest BCUT2D eigenvalue weighted by Crippen LogP contribution is -2.58. The standard InChI is InChI=1S/C24H28N2O3/c1-6-29-20-10-8-17(14-21(20)28-5)11-12-24-23(3,4)18-13-16(2)7-9-19(18)26(24)15-22(27)25-24/h7-14H,6,15H2,1-5H3,(H,25,27)/t24-/m1/s1. The van der Waals surface area contributed by atoms with Gasteiger partial charge in [-0.05, 0) is 49.2 Å². The molecule has 4 rings (SSSR count). The summed E-state index contributed by atoms with van der Waals surface area (Å²) >= 11 is 0. The number of methoxy groups -OCH3 is 1. The van der Waals surface area contributed by atoms with Gasteiger partial charge in [-0.2, -0.15) is 0 Å². The van der Waals surface area contributed by atoms with Gasteiger partial charge in [-0.1, -0.05) is 43.7 Å². The van der Waals surface area contributed by atoms with Crippen molar-refractivity contribution in [1.82, 2.24) is 5.32 Å². The summed E-state index contributed by atoms with van der Waals surface area (Å²) in [6.45, 7) is 9.39. The van der Waals surface area contributed by atoms with Crippen LogP contribution in [0.3, 0.4) is 0 Å². The highest BCUT2D eigenvalue weighted by Crippen LogP contribution is 2.53. The zero-order chi connectivity index (χ0) is 20.8. The third-order valence-electron chi connectivity index (χ3n) is 6.13. The average molecular weight is 392 g/mol. The van der Waals surface area contributed by atoms with E-state index in [0.29, 0.717) is 18.9 Å². The summed E-state index contributed by atoms with van der Waals surface area (Å²) in [5.74, 6) is 1.46. The smallest absolute Gasteiger partial charge is 0.241 e. The Morgan fingerprint density at radius 2 is 1.97 bits per heavy atom. The molecule has 2 aliphatic heterocycles. The van der Waals surface area contributed by atoms with Gasteiger partial charge in [0.2, 0.25) is 5.91 Å². The molecule has 0 aliphatic carbocycles. The van der Waals surface area contributed by atoms with E-state index in [-0.39, 0.29) is 11.3 Å². The number of carbonyl (C=O) groups excluding carboxylic acids is 1. The molecule has 0 radical (unpaired) electrons. The van der Waals surface area contributed by atoms with Crippen LogP contribution < -0.4 is 19.7 Å². The summed E-state index contributed by atoms with van der Waals surface area (Å²) in [7, 11) is 1.64. The molecular formula is C24H28N2O3. The Kier molecular flexibility index (Phi) is 4.56. The number of carbonyl (C=O) groups is 1. The van der Waals surface area contributed by atoms with Gasteiger partial charge >= 0.3 is 0 Å². The second-order valence-corrected chi connectivity index (χ2v) is 8.22. The fourth-order valence-electron chi connectivity index (χ4n) is 4.57. The number of nitrogens with zero attached hydrogens (tertiary/aromatic N) is 1. The Balaban J connectivity index is 1.76. The van der Waals surface area contributed by atoms with Crippen molar-refractivity contribution in [2.24, 2.45) is 0 Å². The number of ether oxygens (including phenoxy) is 2. The second kappa shape index (κ2) is 6.83. The monoisotopic (exact) mass is 392 g/mol. The Morgan fingerprint density at radius 1 is 1.17 bits per heavy atom. The third-order valence-corrected chi connectivity index (χ3v) is 6.13. The maximum Gasteiger partial charge on any atom is 0.241 e. The van der Waals surface area contributed by atoms with Gasteiger partial charge in [-0.15, -0.1) is 0 Å². The predicted molar refractivity (Wildman–Crippen MR) is 116 cm³/mol. The summed E-state index contributed by atoms with van der Waals surface area (Å²) in [6, 6.07) is 12.3. The van der Waals surface area contributed by atoms with Gasteiger partial charge in [0.1, 0.15) is 5.66 Å². The van der Waals surface area contributed by atoms with E-state index < -0.39 is 5.66 Å². The van der Waals surface area contributed by atoms with Gasteiger partial charge in [0.25, 0.3) is 0 Å². The maximum absolute atomic E-state index is 12.4. The van der Waals surface area contributed by atoms with Crippen LogP contribution in [0.5, 0.6) is 11.5 Å². The first-order valence-electron chi connectivity index (χ1n) is 10.0. The van der Waals surface area contributed by atoms with Crippen molar-refractivity contribution in [3.63, 3.8) is 0 Å². The molecule has 2 aromatic carbocycles. The van der Waals surface area contributed by atoms with Crippen molar-refractivity contribution < 1.29 is 14.3 Å². The molecule has 1 amide bonds. The van der Waals surface area contributed by atoms with Crippen LogP contribution >= 0.6 is 0 Å². The Morgan fingerprint density at radius 3 is 2.69 bits per heavy atom. The molecule has 1 atom stereocenters. The predicted octanol–water partition coefficient (Wildman–Crippen LogP) is 4.04. The number of hydrogen-bond donors (Lipinski definition) is 1. The van der Waals surface area contributed by atoms with E-state index in [4.69, 9.17) is 9.47 Å². The third kappa shape index (κ3) is 2.87. The zero-order valence-corrected chi connectivity index (χ0v) is 17.7. The molecule has 1 saturated heterocycles. The van der Waals surface area contributed by atoms with Crippen LogP contribution in [0.4, 0.5) is 5.69 Å². The largest absolute Gasteiger partial charge is 0.493 e. The number of fused-ring (bicyclic) bond motifs is 3. The maximum atomic E-state index is 12.4. The number of amides is 1. The molecule has 2 heterocycles. The zero-order valence-electron chi connectivity index (χ0n) is 17.7. The number of nitrogens with one attached hydrogen (secondary N) is 1. The van der Waals surface area contributed by atoms with E-state index in [9.17, 15) is 4.79 Å². The summed E-state index contributed by atoms with van der Waals surface area (Å²) in [4.78, 5) is 14.6. The van der Waals surface area contributed by atoms with Gasteiger partial charge in [0.05, 0.1) is 20.3 Å². The molecule has 5 heteroatoms. The minimum absolute atomic E-state index is 0.0400. The Bertz CT molecular complexity index is 996. The highest BCUT2D eigenvalue weighted by atomic mass is 16.5. The summed E-state index contributed by atoms with van der Waals surface area (Å²) in [5.41, 5.74) is 3.70. The fraction of sp³-hybridized carbons (Fsp3) is 0.375. The normalized spacial score (nSPS) is 21.8. The molecule has 152 valence electrons. The highest BCUT2D eigenvalue weighted by molar-refractivity contribution is 5.91. The van der Waals surface area contributed by atoms with Gasteiger partial charge in [-0.25, -0.2) is 0 Å². The Labute approximate surface area is 172 Å². The van der Waals surface area contributed by atoms with Crippen molar-refractivity contribution in [2.45, 2.75) is 38.8 Å². The van der Waals surface area contributed by atoms with Gasteiger partial charge < -0.3 is 19.7 Å². The van der Waals surface area contributed by atoms with Crippen LogP contribution in [-0.2, 0) is 10.2 Å². The van der Waals surface area contributed by atoms with E-state index in [1.54, 1.807) is 7.11 Å². The molecule has 29 heavy (non-hydrogen) atoms. The van der Waals surface area contributed by atoms with Gasteiger partial charge in [-0.3, -0.25) is 4.79 Å². The summed E-state index contributed by atoms with van der Waals surface area (Å²) in [5, 5.41) is 3.26. The molecule has 0 unspecified atom stereocenters. The highest BCUT2D eigenvalue weighted by Gasteiger charge is 2.59. The first-order chi connectivity index (χ1) is 13.8. The number of benzene rings is 2. The minimum Gasteiger partial charge on any atom is -0.493 e. The van der Waals surface area contributed by atoms with Crippen molar-refractivity contribution in [1.29, 1.82) is 0 Å². The molecule has 2 aliphatic rings. The van der Waals surface area contributed by atoms with E-state index in [1.807, 2.05) is 25.1 Å². The molecule has 0 aromatic heterocycles. The fourth-order valence-corrected chi connectivity index (χ4v) is 4.57. The van der Waals surface area contributed by atoms with E-state index in [2.05, 4.69) is 61.3 Å². The van der Waals surface area contributed by atoms with E-state index in [1.165, 1.54) is 11.1 Å². The van der Waals surface area contributed by atoms with Crippen molar-refractivity contribution in [3.8, 4) is 11.5 Å². The average Bonchev–Trinajstić information content (AvgIpc) is 3.12. The molecule has 0 bridgehead atoms. The molecule has 5 nitrogen and oxygen atoms in total. The quantitative estimate of drug-likeness (QED) is 0.834. The van der Waals surface area contributed by atoms with Crippen molar-refractivity contribution in [3.05, 3.63) is 59.2 Å². The second-order valence-electron chi connectivity index (χ2n) is 8.22. The van der Waals surface area contributed by atoms with Crippen LogP contribution in [0.1, 0.15) is 37.5 Å². The van der Waals surface area contributed by atoms with Crippen molar-refractivity contribution in [2.75, 3.05) is 25.2 Å². The van der Waals surface area contributed by atoms with E-state index >= 15 is 0 Å². The minimum atomic E-state index is -0.605. The lowest BCUT2D eigenvalue weighted by molar-refractivity contribution is -0.118. The number of hydrogen-bond acceptors (Lipinski definition) is 4. The number of aryl methyl sites for hydroxylation is 1. The molecule has 0 spiro atoms. The lowest BCUT2D eigenvalue weighted by atomic mass is 9.75. The first-order valence-corrected chi connectivity index (χ1v) is 10.0. The van der Waals surface area contributed by atoms with Crippen LogP contribution in [0.2, 0.25) is 0 Å². The lowest BCUT2D eigenvalue weighted by Gasteiger charge is -2.40. The van der Waals surface area contributed by atoms with Crippen molar-refractivity contribution >= 4 is 17.7 Å². The molecule has 0 saturated carbocycles. The van der Waals surface area contributed by atoms with Crippen LogP contribution in [-0.4, -0.2) is 31.8 Å². The molecule has 1 N–H and O–H groups in total. The molecule has 1 fully saturated rings. The number of anilines is 1. The van der Waals surface area contributed by atoms with Crippen LogP contribution in [0.25, 0.3) is 6.08 Å². The van der Waals surface area contributed by atoms with E-state index in [0.717, 1.165) is 17.0 Å². The summed E-state index contributed by atoms with van der Waals surface area (Å²) in [6.07, 6.45) is 4.17. The number of rotatable bonds is 5. The van der Waals surface area contributed by atoms with Crippen LogP contribution in [0, 0.1) is 6.92 Å². The molecular weight excluding hydrogens is 364 g/mol. The SMILES string of the molecule is CCOc1ccc(C=C[C@@]23NC(=O)CN2c2ccc(C)cc2C3(C)C)cc1OC. The molecule has 2 aromatic rings. The first kappa shape index (κ1) is 19.4. The van der Waals surface area contributed by atoms with Crippen LogP contribution in [0.15, 0.2) is 42.5 Å².